The summed E-state index contributed by atoms with van der Waals surface area (Å²) in [4.78, 5) is 25.3. The average Bonchev–Trinajstić information content (AvgIpc) is 3.16. The molecule has 0 fully saturated rings. The smallest absolute Gasteiger partial charge is 0.259 e. The van der Waals surface area contributed by atoms with E-state index >= 15 is 0 Å². The van der Waals surface area contributed by atoms with Crippen LogP contribution in [0.15, 0.2) is 84.3 Å². The Hall–Kier alpha value is -3.80. The highest BCUT2D eigenvalue weighted by atomic mass is 16.1. The van der Waals surface area contributed by atoms with Gasteiger partial charge in [0, 0.05) is 31.2 Å². The van der Waals surface area contributed by atoms with Gasteiger partial charge in [0.1, 0.15) is 6.33 Å². The lowest BCUT2D eigenvalue weighted by Gasteiger charge is -2.08. The van der Waals surface area contributed by atoms with Crippen LogP contribution in [0.2, 0.25) is 0 Å². The lowest BCUT2D eigenvalue weighted by atomic mass is 10.0. The molecular formula is C22H17N5O. The third-order valence-electron chi connectivity index (χ3n) is 4.93. The zero-order chi connectivity index (χ0) is 18.9. The molecule has 0 saturated carbocycles. The topological polar surface area (TPSA) is 65.1 Å². The van der Waals surface area contributed by atoms with Gasteiger partial charge in [0.2, 0.25) is 5.78 Å². The summed E-state index contributed by atoms with van der Waals surface area (Å²) in [6.07, 6.45) is 7.61. The minimum absolute atomic E-state index is 0.123. The first-order valence-corrected chi connectivity index (χ1v) is 9.11. The van der Waals surface area contributed by atoms with Gasteiger partial charge in [-0.15, -0.1) is 0 Å². The summed E-state index contributed by atoms with van der Waals surface area (Å²) in [5.74, 6) is 0.612. The van der Waals surface area contributed by atoms with E-state index in [-0.39, 0.29) is 5.56 Å². The van der Waals surface area contributed by atoms with Crippen LogP contribution < -0.4 is 5.56 Å². The van der Waals surface area contributed by atoms with E-state index < -0.39 is 0 Å². The van der Waals surface area contributed by atoms with Gasteiger partial charge in [-0.1, -0.05) is 42.5 Å². The highest BCUT2D eigenvalue weighted by Gasteiger charge is 2.10. The van der Waals surface area contributed by atoms with E-state index in [9.17, 15) is 4.79 Å². The van der Waals surface area contributed by atoms with Crippen molar-refractivity contribution in [2.45, 2.75) is 13.0 Å². The Bertz CT molecular complexity index is 1330. The SMILES string of the molecule is O=c1cc(-c2ccncn2)nc2n(CCc3cccc4ccccc34)ccn12. The number of aromatic nitrogens is 5. The van der Waals surface area contributed by atoms with Gasteiger partial charge in [0.25, 0.3) is 5.56 Å². The van der Waals surface area contributed by atoms with Gasteiger partial charge in [0.15, 0.2) is 0 Å². The molecule has 0 spiro atoms. The molecule has 0 N–H and O–H groups in total. The molecule has 6 nitrogen and oxygen atoms in total. The van der Waals surface area contributed by atoms with E-state index in [1.54, 1.807) is 22.9 Å². The van der Waals surface area contributed by atoms with Crippen molar-refractivity contribution in [3.63, 3.8) is 0 Å². The summed E-state index contributed by atoms with van der Waals surface area (Å²) in [6, 6.07) is 18.0. The molecule has 3 aromatic heterocycles. The van der Waals surface area contributed by atoms with Crippen molar-refractivity contribution in [1.82, 2.24) is 23.9 Å². The number of fused-ring (bicyclic) bond motifs is 2. The number of hydrogen-bond acceptors (Lipinski definition) is 4. The first kappa shape index (κ1) is 16.4. The van der Waals surface area contributed by atoms with Crippen molar-refractivity contribution in [3.8, 4) is 11.4 Å². The molecule has 136 valence electrons. The molecule has 0 aliphatic carbocycles. The highest BCUT2D eigenvalue weighted by Crippen LogP contribution is 2.20. The predicted octanol–water partition coefficient (Wildman–Crippen LogP) is 3.35. The summed E-state index contributed by atoms with van der Waals surface area (Å²) < 4.78 is 3.57. The van der Waals surface area contributed by atoms with E-state index in [0.717, 1.165) is 13.0 Å². The lowest BCUT2D eigenvalue weighted by molar-refractivity contribution is 0.711. The van der Waals surface area contributed by atoms with Crippen LogP contribution in [-0.4, -0.2) is 23.9 Å². The van der Waals surface area contributed by atoms with Gasteiger partial charge in [-0.05, 0) is 28.8 Å². The average molecular weight is 367 g/mol. The van der Waals surface area contributed by atoms with Crippen molar-refractivity contribution in [3.05, 3.63) is 95.4 Å². The molecule has 0 saturated heterocycles. The molecule has 0 aliphatic heterocycles. The zero-order valence-electron chi connectivity index (χ0n) is 15.1. The Labute approximate surface area is 160 Å². The van der Waals surface area contributed by atoms with Crippen molar-refractivity contribution in [2.24, 2.45) is 0 Å². The van der Waals surface area contributed by atoms with Crippen LogP contribution in [0.3, 0.4) is 0 Å². The molecule has 0 aliphatic rings. The lowest BCUT2D eigenvalue weighted by Crippen LogP contribution is -2.14. The zero-order valence-corrected chi connectivity index (χ0v) is 15.1. The minimum atomic E-state index is -0.123. The highest BCUT2D eigenvalue weighted by molar-refractivity contribution is 5.85. The molecule has 0 radical (unpaired) electrons. The van der Waals surface area contributed by atoms with Gasteiger partial charge in [-0.3, -0.25) is 9.20 Å². The second-order valence-electron chi connectivity index (χ2n) is 6.62. The monoisotopic (exact) mass is 367 g/mol. The van der Waals surface area contributed by atoms with Gasteiger partial charge < -0.3 is 4.57 Å². The molecule has 5 aromatic rings. The van der Waals surface area contributed by atoms with Gasteiger partial charge >= 0.3 is 0 Å². The quantitative estimate of drug-likeness (QED) is 0.489. The third kappa shape index (κ3) is 2.85. The molecular weight excluding hydrogens is 350 g/mol. The number of aryl methyl sites for hydroxylation is 2. The standard InChI is InChI=1S/C22H17N5O/c28-21-14-20(19-8-10-23-15-24-19)25-22-26(12-13-27(21)22)11-9-17-6-3-5-16-4-1-2-7-18(16)17/h1-8,10,12-15H,9,11H2. The summed E-state index contributed by atoms with van der Waals surface area (Å²) in [7, 11) is 0. The van der Waals surface area contributed by atoms with Crippen molar-refractivity contribution in [2.75, 3.05) is 0 Å². The fraction of sp³-hybridized carbons (Fsp3) is 0.0909. The molecule has 0 atom stereocenters. The maximum absolute atomic E-state index is 12.5. The van der Waals surface area contributed by atoms with Crippen molar-refractivity contribution >= 4 is 16.6 Å². The van der Waals surface area contributed by atoms with Crippen molar-refractivity contribution < 1.29 is 0 Å². The van der Waals surface area contributed by atoms with Gasteiger partial charge in [-0.2, -0.15) is 0 Å². The first-order valence-electron chi connectivity index (χ1n) is 9.11. The third-order valence-corrected chi connectivity index (χ3v) is 4.93. The number of benzene rings is 2. The molecule has 2 aromatic carbocycles. The molecule has 0 unspecified atom stereocenters. The number of rotatable bonds is 4. The Balaban J connectivity index is 1.53. The van der Waals surface area contributed by atoms with Crippen LogP contribution >= 0.6 is 0 Å². The largest absolute Gasteiger partial charge is 0.316 e. The fourth-order valence-corrected chi connectivity index (χ4v) is 3.53. The van der Waals surface area contributed by atoms with Crippen LogP contribution in [0.1, 0.15) is 5.56 Å². The molecule has 0 bridgehead atoms. The summed E-state index contributed by atoms with van der Waals surface area (Å²) in [5.41, 5.74) is 2.34. The number of hydrogen-bond donors (Lipinski definition) is 0. The Morgan fingerprint density at radius 2 is 1.82 bits per heavy atom. The Morgan fingerprint density at radius 1 is 0.929 bits per heavy atom. The molecule has 5 rings (SSSR count). The number of nitrogens with zero attached hydrogens (tertiary/aromatic N) is 5. The predicted molar refractivity (Wildman–Crippen MR) is 108 cm³/mol. The van der Waals surface area contributed by atoms with Crippen molar-refractivity contribution in [1.29, 1.82) is 0 Å². The first-order chi connectivity index (χ1) is 13.8. The molecule has 28 heavy (non-hydrogen) atoms. The van der Waals surface area contributed by atoms with Crippen LogP contribution in [-0.2, 0) is 13.0 Å². The van der Waals surface area contributed by atoms with Crippen LogP contribution in [0.5, 0.6) is 0 Å². The summed E-state index contributed by atoms with van der Waals surface area (Å²) in [5, 5.41) is 2.49. The normalized spacial score (nSPS) is 11.3. The maximum Gasteiger partial charge on any atom is 0.259 e. The summed E-state index contributed by atoms with van der Waals surface area (Å²) in [6.45, 7) is 0.726. The van der Waals surface area contributed by atoms with E-state index in [1.807, 2.05) is 10.8 Å². The fourth-order valence-electron chi connectivity index (χ4n) is 3.53. The second kappa shape index (κ2) is 6.74. The van der Waals surface area contributed by atoms with E-state index in [2.05, 4.69) is 57.4 Å². The second-order valence-corrected chi connectivity index (χ2v) is 6.62. The Morgan fingerprint density at radius 3 is 2.71 bits per heavy atom. The number of imidazole rings is 1. The van der Waals surface area contributed by atoms with Gasteiger partial charge in [0.05, 0.1) is 11.4 Å². The van der Waals surface area contributed by atoms with E-state index in [0.29, 0.717) is 17.2 Å². The minimum Gasteiger partial charge on any atom is -0.316 e. The van der Waals surface area contributed by atoms with Crippen LogP contribution in [0.25, 0.3) is 27.9 Å². The van der Waals surface area contributed by atoms with Crippen LogP contribution in [0, 0.1) is 0 Å². The Kier molecular flexibility index (Phi) is 3.94. The van der Waals surface area contributed by atoms with E-state index in [4.69, 9.17) is 0 Å². The van der Waals surface area contributed by atoms with Crippen LogP contribution in [0.4, 0.5) is 0 Å². The van der Waals surface area contributed by atoms with Gasteiger partial charge in [-0.25, -0.2) is 15.0 Å². The maximum atomic E-state index is 12.5. The van der Waals surface area contributed by atoms with E-state index in [1.165, 1.54) is 28.7 Å². The molecule has 6 heteroatoms. The summed E-state index contributed by atoms with van der Waals surface area (Å²) >= 11 is 0. The molecule has 0 amide bonds. The molecule has 3 heterocycles.